The van der Waals surface area contributed by atoms with Gasteiger partial charge in [-0.25, -0.2) is 9.19 Å². The van der Waals surface area contributed by atoms with Gasteiger partial charge in [-0.1, -0.05) is 24.6 Å². The lowest BCUT2D eigenvalue weighted by Gasteiger charge is -2.07. The Kier molecular flexibility index (Phi) is 5.15. The zero-order chi connectivity index (χ0) is 14.7. The number of anilines is 1. The first-order valence-corrected chi connectivity index (χ1v) is 8.50. The van der Waals surface area contributed by atoms with Gasteiger partial charge in [0.2, 0.25) is 0 Å². The summed E-state index contributed by atoms with van der Waals surface area (Å²) in [4.78, 5) is 4.86. The van der Waals surface area contributed by atoms with E-state index in [-0.39, 0.29) is 0 Å². The first kappa shape index (κ1) is 15.4. The number of aliphatic hydroxyl groups excluding tert-OH is 1. The average molecular weight is 331 g/mol. The molecular formula is C13H15ClN2O2S2. The standard InChI is InChI=1S/C13H15ClN2O2S2/c1-3-11(17)10-7-19-13(15-10)16-20(18)12-6-4-5-9(14)8(12)2/h4-7,11,17H,3H2,1-2H3,(H,15,16)/t11-,20?/m0/s1. The molecule has 2 atom stereocenters. The fourth-order valence-corrected chi connectivity index (χ4v) is 3.77. The molecule has 0 spiro atoms. The molecule has 1 aromatic carbocycles. The third kappa shape index (κ3) is 3.38. The zero-order valence-corrected chi connectivity index (χ0v) is 13.5. The smallest absolute Gasteiger partial charge is 0.195 e. The van der Waals surface area contributed by atoms with Gasteiger partial charge < -0.3 is 5.11 Å². The lowest BCUT2D eigenvalue weighted by atomic mass is 10.2. The van der Waals surface area contributed by atoms with Crippen LogP contribution in [0.4, 0.5) is 5.13 Å². The van der Waals surface area contributed by atoms with Gasteiger partial charge in [0.25, 0.3) is 0 Å². The summed E-state index contributed by atoms with van der Waals surface area (Å²) in [5.74, 6) is 0. The molecule has 2 rings (SSSR count). The number of hydrogen-bond acceptors (Lipinski definition) is 4. The highest BCUT2D eigenvalue weighted by atomic mass is 35.5. The van der Waals surface area contributed by atoms with Crippen molar-refractivity contribution < 1.29 is 9.32 Å². The van der Waals surface area contributed by atoms with Crippen molar-refractivity contribution in [3.63, 3.8) is 0 Å². The van der Waals surface area contributed by atoms with Gasteiger partial charge in [0.15, 0.2) is 16.1 Å². The van der Waals surface area contributed by atoms with Crippen molar-refractivity contribution in [2.75, 3.05) is 4.72 Å². The van der Waals surface area contributed by atoms with Crippen molar-refractivity contribution in [1.29, 1.82) is 0 Å². The summed E-state index contributed by atoms with van der Waals surface area (Å²) in [7, 11) is -1.43. The summed E-state index contributed by atoms with van der Waals surface area (Å²) in [6.07, 6.45) is 0.0165. The third-order valence-corrected chi connectivity index (χ3v) is 5.38. The number of hydrogen-bond donors (Lipinski definition) is 2. The van der Waals surface area contributed by atoms with Gasteiger partial charge in [-0.15, -0.1) is 11.3 Å². The molecule has 0 aliphatic carbocycles. The van der Waals surface area contributed by atoms with E-state index in [0.717, 1.165) is 5.56 Å². The van der Waals surface area contributed by atoms with Crippen LogP contribution in [0.2, 0.25) is 5.02 Å². The van der Waals surface area contributed by atoms with Crippen LogP contribution in [0.3, 0.4) is 0 Å². The number of nitrogens with one attached hydrogen (secondary N) is 1. The monoisotopic (exact) mass is 330 g/mol. The highest BCUT2D eigenvalue weighted by molar-refractivity contribution is 7.86. The van der Waals surface area contributed by atoms with Crippen molar-refractivity contribution >= 4 is 39.1 Å². The van der Waals surface area contributed by atoms with Crippen LogP contribution in [-0.4, -0.2) is 14.3 Å². The summed E-state index contributed by atoms with van der Waals surface area (Å²) in [5, 5.41) is 12.6. The Morgan fingerprint density at radius 2 is 2.30 bits per heavy atom. The number of benzene rings is 1. The number of aromatic nitrogens is 1. The van der Waals surface area contributed by atoms with Gasteiger partial charge in [-0.05, 0) is 31.0 Å². The van der Waals surface area contributed by atoms with Crippen LogP contribution in [0.1, 0.15) is 30.7 Å². The van der Waals surface area contributed by atoms with Gasteiger partial charge in [0.05, 0.1) is 16.7 Å². The van der Waals surface area contributed by atoms with Crippen molar-refractivity contribution in [2.24, 2.45) is 0 Å². The van der Waals surface area contributed by atoms with Crippen molar-refractivity contribution in [3.8, 4) is 0 Å². The van der Waals surface area contributed by atoms with Crippen LogP contribution in [0.25, 0.3) is 0 Å². The molecule has 0 radical (unpaired) electrons. The van der Waals surface area contributed by atoms with E-state index in [1.165, 1.54) is 11.3 Å². The fourth-order valence-electron chi connectivity index (χ4n) is 1.62. The number of thiazole rings is 1. The van der Waals surface area contributed by atoms with Gasteiger partial charge in [-0.2, -0.15) is 0 Å². The van der Waals surface area contributed by atoms with Crippen LogP contribution in [0.5, 0.6) is 0 Å². The summed E-state index contributed by atoms with van der Waals surface area (Å²) in [6.45, 7) is 3.70. The van der Waals surface area contributed by atoms with Crippen LogP contribution < -0.4 is 4.72 Å². The molecule has 0 aliphatic heterocycles. The molecule has 108 valence electrons. The summed E-state index contributed by atoms with van der Waals surface area (Å²) >= 11 is 7.34. The van der Waals surface area contributed by atoms with Gasteiger partial charge >= 0.3 is 0 Å². The van der Waals surface area contributed by atoms with E-state index in [0.29, 0.717) is 27.2 Å². The minimum Gasteiger partial charge on any atom is -0.387 e. The third-order valence-electron chi connectivity index (χ3n) is 2.85. The van der Waals surface area contributed by atoms with E-state index in [1.54, 1.807) is 23.6 Å². The maximum Gasteiger partial charge on any atom is 0.195 e. The minimum absolute atomic E-state index is 0.519. The molecule has 0 saturated heterocycles. The van der Waals surface area contributed by atoms with Crippen LogP contribution in [0.15, 0.2) is 28.5 Å². The van der Waals surface area contributed by atoms with E-state index in [1.807, 2.05) is 13.8 Å². The molecule has 1 heterocycles. The Balaban J connectivity index is 2.15. The predicted octanol–water partition coefficient (Wildman–Crippen LogP) is 3.68. The summed E-state index contributed by atoms with van der Waals surface area (Å²) < 4.78 is 15.1. The molecular weight excluding hydrogens is 316 g/mol. The first-order valence-electron chi connectivity index (χ1n) is 6.10. The van der Waals surface area contributed by atoms with Gasteiger partial charge in [-0.3, -0.25) is 4.72 Å². The zero-order valence-electron chi connectivity index (χ0n) is 11.1. The Bertz CT molecular complexity index is 631. The molecule has 0 bridgehead atoms. The van der Waals surface area contributed by atoms with Crippen molar-refractivity contribution in [1.82, 2.24) is 4.98 Å². The second-order valence-corrected chi connectivity index (χ2v) is 6.68. The molecule has 20 heavy (non-hydrogen) atoms. The maximum absolute atomic E-state index is 12.3. The molecule has 2 N–H and O–H groups in total. The topological polar surface area (TPSA) is 62.2 Å². The Hall–Kier alpha value is -0.950. The number of halogens is 1. The first-order chi connectivity index (χ1) is 9.52. The quantitative estimate of drug-likeness (QED) is 0.879. The highest BCUT2D eigenvalue weighted by Crippen LogP contribution is 2.26. The SMILES string of the molecule is CC[C@H](O)c1csc(NS(=O)c2cccc(Cl)c2C)n1. The number of rotatable bonds is 5. The Morgan fingerprint density at radius 1 is 1.55 bits per heavy atom. The Morgan fingerprint density at radius 3 is 3.00 bits per heavy atom. The van der Waals surface area contributed by atoms with Crippen molar-refractivity contribution in [3.05, 3.63) is 39.9 Å². The van der Waals surface area contributed by atoms with Crippen LogP contribution in [0, 0.1) is 6.92 Å². The van der Waals surface area contributed by atoms with Crippen LogP contribution in [-0.2, 0) is 11.0 Å². The second kappa shape index (κ2) is 6.67. The molecule has 0 amide bonds. The van der Waals surface area contributed by atoms with E-state index >= 15 is 0 Å². The van der Waals surface area contributed by atoms with E-state index < -0.39 is 17.1 Å². The minimum atomic E-state index is -1.43. The van der Waals surface area contributed by atoms with Crippen LogP contribution >= 0.6 is 22.9 Å². The van der Waals surface area contributed by atoms with Crippen molar-refractivity contribution in [2.45, 2.75) is 31.3 Å². The van der Waals surface area contributed by atoms with E-state index in [4.69, 9.17) is 11.6 Å². The van der Waals surface area contributed by atoms with E-state index in [2.05, 4.69) is 9.71 Å². The summed E-state index contributed by atoms with van der Waals surface area (Å²) in [5.41, 5.74) is 1.38. The maximum atomic E-state index is 12.3. The molecule has 2 aromatic rings. The lowest BCUT2D eigenvalue weighted by molar-refractivity contribution is 0.169. The molecule has 0 fully saturated rings. The number of nitrogens with zero attached hydrogens (tertiary/aromatic N) is 1. The fraction of sp³-hybridized carbons (Fsp3) is 0.308. The normalized spacial score (nSPS) is 14.0. The molecule has 0 aliphatic rings. The molecule has 4 nitrogen and oxygen atoms in total. The van der Waals surface area contributed by atoms with Gasteiger partial charge in [0, 0.05) is 10.4 Å². The molecule has 1 aromatic heterocycles. The van der Waals surface area contributed by atoms with E-state index in [9.17, 15) is 9.32 Å². The Labute approximate surface area is 129 Å². The second-order valence-electron chi connectivity index (χ2n) is 4.24. The molecule has 7 heteroatoms. The largest absolute Gasteiger partial charge is 0.387 e. The summed E-state index contributed by atoms with van der Waals surface area (Å²) in [6, 6.07) is 5.29. The molecule has 0 saturated carbocycles. The lowest BCUT2D eigenvalue weighted by Crippen LogP contribution is -2.06. The predicted molar refractivity (Wildman–Crippen MR) is 83.6 cm³/mol. The highest BCUT2D eigenvalue weighted by Gasteiger charge is 2.14. The van der Waals surface area contributed by atoms with Gasteiger partial charge in [0.1, 0.15) is 0 Å². The average Bonchev–Trinajstić information content (AvgIpc) is 2.89. The molecule has 1 unspecified atom stereocenters. The number of aliphatic hydroxyl groups is 1.